The molecule has 1 rings (SSSR count). The first kappa shape index (κ1) is 18.3. The van der Waals surface area contributed by atoms with E-state index in [1.807, 2.05) is 38.1 Å². The van der Waals surface area contributed by atoms with Crippen molar-refractivity contribution in [3.05, 3.63) is 34.9 Å². The molecule has 0 saturated carbocycles. The van der Waals surface area contributed by atoms with Crippen LogP contribution in [0.5, 0.6) is 0 Å². The fourth-order valence-electron chi connectivity index (χ4n) is 1.93. The summed E-state index contributed by atoms with van der Waals surface area (Å²) in [5.41, 5.74) is 1.09. The van der Waals surface area contributed by atoms with E-state index in [0.29, 0.717) is 18.0 Å². The highest BCUT2D eigenvalue weighted by atomic mass is 35.5. The van der Waals surface area contributed by atoms with Crippen molar-refractivity contribution < 1.29 is 14.3 Å². The number of amides is 2. The average Bonchev–Trinajstić information content (AvgIpc) is 2.46. The zero-order chi connectivity index (χ0) is 16.5. The molecule has 0 aromatic heterocycles. The number of carbonyl (C=O) groups is 2. The van der Waals surface area contributed by atoms with Crippen LogP contribution >= 0.6 is 11.6 Å². The molecule has 0 unspecified atom stereocenters. The number of carbonyl (C=O) groups excluding carboxylic acids is 2. The number of nitrogens with one attached hydrogen (secondary N) is 2. The summed E-state index contributed by atoms with van der Waals surface area (Å²) in [5, 5.41) is 6.10. The highest BCUT2D eigenvalue weighted by Gasteiger charge is 2.24. The van der Waals surface area contributed by atoms with E-state index < -0.39 is 12.1 Å². The summed E-state index contributed by atoms with van der Waals surface area (Å²) in [6.45, 7) is 6.23. The first-order valence-corrected chi connectivity index (χ1v) is 7.77. The second kappa shape index (κ2) is 9.30. The van der Waals surface area contributed by atoms with E-state index in [4.69, 9.17) is 16.3 Å². The van der Waals surface area contributed by atoms with Crippen LogP contribution in [0.3, 0.4) is 0 Å². The summed E-state index contributed by atoms with van der Waals surface area (Å²) in [6, 6.07) is 6.87. The Morgan fingerprint density at radius 1 is 1.23 bits per heavy atom. The van der Waals surface area contributed by atoms with Gasteiger partial charge in [-0.15, -0.1) is 0 Å². The van der Waals surface area contributed by atoms with Gasteiger partial charge in [0.05, 0.1) is 6.61 Å². The molecule has 1 atom stereocenters. The zero-order valence-electron chi connectivity index (χ0n) is 13.2. The van der Waals surface area contributed by atoms with E-state index in [1.165, 1.54) is 0 Å². The summed E-state index contributed by atoms with van der Waals surface area (Å²) >= 11 is 5.82. The molecule has 0 radical (unpaired) electrons. The molecular weight excluding hydrogens is 304 g/mol. The SMILES string of the molecule is CCOC(=O)N[C@@H](C(=O)NCCc1ccc(Cl)cc1)C(C)C. The van der Waals surface area contributed by atoms with Crippen molar-refractivity contribution in [2.75, 3.05) is 13.2 Å². The summed E-state index contributed by atoms with van der Waals surface area (Å²) < 4.78 is 4.82. The number of rotatable bonds is 7. The van der Waals surface area contributed by atoms with Crippen LogP contribution in [0, 0.1) is 5.92 Å². The summed E-state index contributed by atoms with van der Waals surface area (Å²) in [6.07, 6.45) is 0.127. The molecule has 2 N–H and O–H groups in total. The molecule has 0 heterocycles. The Labute approximate surface area is 136 Å². The van der Waals surface area contributed by atoms with Crippen molar-refractivity contribution in [1.29, 1.82) is 0 Å². The Morgan fingerprint density at radius 3 is 2.41 bits per heavy atom. The second-order valence-corrected chi connectivity index (χ2v) is 5.69. The Bertz CT molecular complexity index is 489. The van der Waals surface area contributed by atoms with E-state index in [1.54, 1.807) is 6.92 Å². The topological polar surface area (TPSA) is 67.4 Å². The van der Waals surface area contributed by atoms with Crippen molar-refractivity contribution in [1.82, 2.24) is 10.6 Å². The van der Waals surface area contributed by atoms with E-state index >= 15 is 0 Å². The van der Waals surface area contributed by atoms with Crippen molar-refractivity contribution in [2.45, 2.75) is 33.2 Å². The minimum absolute atomic E-state index is 0.0278. The summed E-state index contributed by atoms with van der Waals surface area (Å²) in [7, 11) is 0. The molecule has 0 aliphatic rings. The van der Waals surface area contributed by atoms with Gasteiger partial charge in [0.25, 0.3) is 0 Å². The smallest absolute Gasteiger partial charge is 0.407 e. The van der Waals surface area contributed by atoms with Crippen LogP contribution in [0.1, 0.15) is 26.3 Å². The molecule has 122 valence electrons. The van der Waals surface area contributed by atoms with Gasteiger partial charge < -0.3 is 15.4 Å². The lowest BCUT2D eigenvalue weighted by Crippen LogP contribution is -2.50. The van der Waals surface area contributed by atoms with Gasteiger partial charge in [0.2, 0.25) is 5.91 Å². The molecule has 1 aromatic carbocycles. The maximum Gasteiger partial charge on any atom is 0.407 e. The van der Waals surface area contributed by atoms with E-state index in [9.17, 15) is 9.59 Å². The molecule has 0 spiro atoms. The van der Waals surface area contributed by atoms with Gasteiger partial charge in [-0.3, -0.25) is 4.79 Å². The van der Waals surface area contributed by atoms with Crippen LogP contribution in [0.2, 0.25) is 5.02 Å². The van der Waals surface area contributed by atoms with E-state index in [2.05, 4.69) is 10.6 Å². The molecule has 0 bridgehead atoms. The van der Waals surface area contributed by atoms with Crippen LogP contribution in [-0.2, 0) is 16.0 Å². The van der Waals surface area contributed by atoms with Crippen LogP contribution in [-0.4, -0.2) is 31.2 Å². The Kier molecular flexibility index (Phi) is 7.74. The fourth-order valence-corrected chi connectivity index (χ4v) is 2.05. The number of halogens is 1. The van der Waals surface area contributed by atoms with Crippen molar-refractivity contribution in [3.63, 3.8) is 0 Å². The average molecular weight is 327 g/mol. The predicted octanol–water partition coefficient (Wildman–Crippen LogP) is 2.77. The number of hydrogen-bond acceptors (Lipinski definition) is 3. The minimum Gasteiger partial charge on any atom is -0.450 e. The molecule has 1 aromatic rings. The maximum absolute atomic E-state index is 12.2. The van der Waals surface area contributed by atoms with Crippen LogP contribution < -0.4 is 10.6 Å². The molecule has 0 saturated heterocycles. The standard InChI is InChI=1S/C16H23ClN2O3/c1-4-22-16(21)19-14(11(2)3)15(20)18-10-9-12-5-7-13(17)8-6-12/h5-8,11,14H,4,9-10H2,1-3H3,(H,18,20)(H,19,21)/t14-/m1/s1. The van der Waals surface area contributed by atoms with Gasteiger partial charge >= 0.3 is 6.09 Å². The first-order chi connectivity index (χ1) is 10.4. The Balaban J connectivity index is 2.46. The van der Waals surface area contributed by atoms with Gasteiger partial charge in [-0.1, -0.05) is 37.6 Å². The lowest BCUT2D eigenvalue weighted by Gasteiger charge is -2.21. The van der Waals surface area contributed by atoms with Crippen molar-refractivity contribution in [2.24, 2.45) is 5.92 Å². The lowest BCUT2D eigenvalue weighted by atomic mass is 10.0. The van der Waals surface area contributed by atoms with Gasteiger partial charge in [-0.2, -0.15) is 0 Å². The second-order valence-electron chi connectivity index (χ2n) is 5.25. The van der Waals surface area contributed by atoms with Gasteiger partial charge in [0, 0.05) is 11.6 Å². The number of ether oxygens (including phenoxy) is 1. The highest BCUT2D eigenvalue weighted by Crippen LogP contribution is 2.09. The highest BCUT2D eigenvalue weighted by molar-refractivity contribution is 6.30. The number of hydrogen-bond donors (Lipinski definition) is 2. The normalized spacial score (nSPS) is 11.9. The van der Waals surface area contributed by atoms with E-state index in [0.717, 1.165) is 5.56 Å². The zero-order valence-corrected chi connectivity index (χ0v) is 13.9. The number of benzene rings is 1. The maximum atomic E-state index is 12.2. The minimum atomic E-state index is -0.607. The third kappa shape index (κ3) is 6.35. The molecule has 6 heteroatoms. The number of alkyl carbamates (subject to hydrolysis) is 1. The van der Waals surface area contributed by atoms with Gasteiger partial charge in [-0.25, -0.2) is 4.79 Å². The third-order valence-corrected chi connectivity index (χ3v) is 3.38. The van der Waals surface area contributed by atoms with Crippen molar-refractivity contribution in [3.8, 4) is 0 Å². The Morgan fingerprint density at radius 2 is 1.86 bits per heavy atom. The van der Waals surface area contributed by atoms with Crippen LogP contribution in [0.25, 0.3) is 0 Å². The van der Waals surface area contributed by atoms with E-state index in [-0.39, 0.29) is 18.4 Å². The molecule has 0 aliphatic heterocycles. The first-order valence-electron chi connectivity index (χ1n) is 7.39. The van der Waals surface area contributed by atoms with Gasteiger partial charge in [0.1, 0.15) is 6.04 Å². The molecular formula is C16H23ClN2O3. The molecule has 0 fully saturated rings. The molecule has 0 aliphatic carbocycles. The summed E-state index contributed by atoms with van der Waals surface area (Å²) in [5.74, 6) is -0.239. The third-order valence-electron chi connectivity index (χ3n) is 3.12. The van der Waals surface area contributed by atoms with Crippen molar-refractivity contribution >= 4 is 23.6 Å². The Hall–Kier alpha value is -1.75. The molecule has 22 heavy (non-hydrogen) atoms. The fraction of sp³-hybridized carbons (Fsp3) is 0.500. The summed E-state index contributed by atoms with van der Waals surface area (Å²) in [4.78, 5) is 23.6. The predicted molar refractivity (Wildman–Crippen MR) is 86.9 cm³/mol. The quantitative estimate of drug-likeness (QED) is 0.809. The van der Waals surface area contributed by atoms with Crippen LogP contribution in [0.4, 0.5) is 4.79 Å². The van der Waals surface area contributed by atoms with Gasteiger partial charge in [-0.05, 0) is 37.0 Å². The largest absolute Gasteiger partial charge is 0.450 e. The monoisotopic (exact) mass is 326 g/mol. The molecule has 2 amide bonds. The van der Waals surface area contributed by atoms with Gasteiger partial charge in [0.15, 0.2) is 0 Å². The lowest BCUT2D eigenvalue weighted by molar-refractivity contribution is -0.124. The van der Waals surface area contributed by atoms with Crippen LogP contribution in [0.15, 0.2) is 24.3 Å². The molecule has 5 nitrogen and oxygen atoms in total.